The average Bonchev–Trinajstić information content (AvgIpc) is 1.08. The van der Waals surface area contributed by atoms with Crippen molar-refractivity contribution in [1.82, 2.24) is 0 Å². The van der Waals surface area contributed by atoms with Gasteiger partial charge in [-0.25, -0.2) is 0 Å². The first-order valence-corrected chi connectivity index (χ1v) is 48.2. The third kappa shape index (κ3) is 19.1. The molecule has 0 heterocycles. The van der Waals surface area contributed by atoms with E-state index in [0.717, 1.165) is 109 Å². The molecule has 20 aliphatic rings. The van der Waals surface area contributed by atoms with E-state index in [1.807, 2.05) is 173 Å². The Morgan fingerprint density at radius 3 is 1.02 bits per heavy atom. The largest absolute Gasteiger partial charge is 0.460 e. The van der Waals surface area contributed by atoms with Crippen molar-refractivity contribution in [2.24, 2.45) is 120 Å². The van der Waals surface area contributed by atoms with Gasteiger partial charge >= 0.3 is 59.7 Å². The van der Waals surface area contributed by atoms with Gasteiger partial charge in [0.15, 0.2) is 0 Å². The molecule has 0 aromatic heterocycles. The molecular formula is C102H162O21. The van der Waals surface area contributed by atoms with Gasteiger partial charge in [-0.05, 0) is 417 Å². The van der Waals surface area contributed by atoms with Gasteiger partial charge in [0, 0.05) is 24.2 Å². The summed E-state index contributed by atoms with van der Waals surface area (Å²) in [6.07, 6.45) is 25.4. The number of carbonyl (C=O) groups excluding carboxylic acids is 10. The second-order valence-electron chi connectivity index (χ2n) is 50.7. The van der Waals surface area contributed by atoms with Crippen molar-refractivity contribution in [1.29, 1.82) is 0 Å². The number of rotatable bonds is 22. The predicted molar refractivity (Wildman–Crippen MR) is 465 cm³/mol. The highest BCUT2D eigenvalue weighted by molar-refractivity contribution is 5.85. The Hall–Kier alpha value is -5.34. The van der Waals surface area contributed by atoms with Gasteiger partial charge < -0.3 is 52.5 Å². The van der Waals surface area contributed by atoms with E-state index in [4.69, 9.17) is 47.4 Å². The van der Waals surface area contributed by atoms with Gasteiger partial charge in [-0.3, -0.25) is 47.9 Å². The van der Waals surface area contributed by atoms with Crippen molar-refractivity contribution < 1.29 is 100 Å². The summed E-state index contributed by atoms with van der Waals surface area (Å²) in [5.74, 6) is 3.02. The molecule has 696 valence electrons. The van der Waals surface area contributed by atoms with Crippen molar-refractivity contribution in [2.75, 3.05) is 0 Å². The Morgan fingerprint density at radius 1 is 0.333 bits per heavy atom. The molecule has 6 unspecified atom stereocenters. The van der Waals surface area contributed by atoms with Crippen LogP contribution in [0.3, 0.4) is 0 Å². The molecule has 21 heteroatoms. The van der Waals surface area contributed by atoms with Crippen molar-refractivity contribution in [3.8, 4) is 0 Å². The smallest absolute Gasteiger partial charge is 0.312 e. The van der Waals surface area contributed by atoms with Crippen LogP contribution in [0.2, 0.25) is 0 Å². The van der Waals surface area contributed by atoms with Crippen LogP contribution >= 0.6 is 0 Å². The number of esters is 10. The standard InChI is InChI=1S/C29H48O6.C27H40O4.C24H38O6.C22H36O5/c1-12-25(8,9)20(30)35-26(10,11)29-15-19-13-27(17-29,21(31)33-23(2,3)4)16-28(14-19,18-29)22(32)34-24(5,6)7;1-5-24(2,3)22(28)31-27-13-19-16-10-26(23(29)30-25(4)8-6-7-9-25)11-17(19)21(15-27)18(12-26)20(16)14-27;1-8-22(6,7)20(27)30-23-11-16-9-17(12-23)24(28-15(2)25,18(10-16)13-23)14-19(26)29-21(3,4)5;1-7-20(5,6)18(24)27-21-10-14-8-15(11-21)22(25,16(9-14)12-21)13-17(23)26-19(2,3)4/h19H,12-18H2,1-11H3;16-21H,5-15H2,1-4H3;16-18H,8-14H2,1-7H3;14-16,25H,7-13H2,1-6H3. The Kier molecular flexibility index (Phi) is 25.4. The maximum absolute atomic E-state index is 13.8. The second kappa shape index (κ2) is 32.3. The van der Waals surface area contributed by atoms with Crippen LogP contribution in [0.1, 0.15) is 399 Å². The summed E-state index contributed by atoms with van der Waals surface area (Å²) in [6.45, 7) is 53.4. The molecule has 1 N–H and O–H groups in total. The zero-order chi connectivity index (χ0) is 91.5. The Labute approximate surface area is 737 Å². The number of hydrogen-bond acceptors (Lipinski definition) is 21. The van der Waals surface area contributed by atoms with Gasteiger partial charge in [-0.1, -0.05) is 27.7 Å². The Balaban J connectivity index is 0.000000150. The van der Waals surface area contributed by atoms with Crippen molar-refractivity contribution >= 4 is 59.7 Å². The maximum atomic E-state index is 13.8. The molecule has 0 radical (unpaired) electrons. The topological polar surface area (TPSA) is 283 Å². The molecule has 0 aromatic rings. The molecule has 20 fully saturated rings. The van der Waals surface area contributed by atoms with Gasteiger partial charge in [-0.15, -0.1) is 0 Å². The van der Waals surface area contributed by atoms with Crippen LogP contribution in [-0.4, -0.2) is 126 Å². The first kappa shape index (κ1) is 96.7. The maximum Gasteiger partial charge on any atom is 0.312 e. The van der Waals surface area contributed by atoms with Gasteiger partial charge in [0.05, 0.1) is 56.3 Å². The number of aliphatic hydroxyl groups is 1. The zero-order valence-electron chi connectivity index (χ0n) is 81.2. The van der Waals surface area contributed by atoms with E-state index >= 15 is 0 Å². The highest BCUT2D eigenvalue weighted by atomic mass is 16.6. The fraction of sp³-hybridized carbons (Fsp3) is 0.902. The van der Waals surface area contributed by atoms with E-state index in [2.05, 4.69) is 13.8 Å². The Morgan fingerprint density at radius 2 is 0.667 bits per heavy atom. The van der Waals surface area contributed by atoms with E-state index in [0.29, 0.717) is 118 Å². The summed E-state index contributed by atoms with van der Waals surface area (Å²) in [7, 11) is 0. The van der Waals surface area contributed by atoms with E-state index < -0.39 is 88.3 Å². The minimum Gasteiger partial charge on any atom is -0.460 e. The normalized spacial score (nSPS) is 38.4. The summed E-state index contributed by atoms with van der Waals surface area (Å²) in [5.41, 5.74) is -10.9. The van der Waals surface area contributed by atoms with E-state index in [9.17, 15) is 53.1 Å². The fourth-order valence-electron chi connectivity index (χ4n) is 27.7. The van der Waals surface area contributed by atoms with Crippen molar-refractivity contribution in [2.45, 2.75) is 461 Å². The summed E-state index contributed by atoms with van der Waals surface area (Å²) in [6, 6.07) is 0. The van der Waals surface area contributed by atoms with Crippen LogP contribution in [0.25, 0.3) is 0 Å². The number of hydrogen-bond donors (Lipinski definition) is 1. The first-order valence-electron chi connectivity index (χ1n) is 48.2. The molecule has 20 aliphatic carbocycles. The molecule has 20 rings (SSSR count). The highest BCUT2D eigenvalue weighted by Crippen LogP contribution is 2.77. The molecule has 21 nitrogen and oxygen atoms in total. The molecule has 0 aliphatic heterocycles. The van der Waals surface area contributed by atoms with Crippen LogP contribution in [0, 0.1) is 120 Å². The molecule has 20 saturated carbocycles. The van der Waals surface area contributed by atoms with E-state index in [1.54, 1.807) is 0 Å². The van der Waals surface area contributed by atoms with Crippen LogP contribution < -0.4 is 0 Å². The second-order valence-corrected chi connectivity index (χ2v) is 50.7. The monoisotopic (exact) mass is 1720 g/mol. The van der Waals surface area contributed by atoms with Crippen LogP contribution in [0.4, 0.5) is 0 Å². The van der Waals surface area contributed by atoms with E-state index in [-0.39, 0.29) is 119 Å². The molecule has 0 spiro atoms. The summed E-state index contributed by atoms with van der Waals surface area (Å²) in [5, 5.41) is 11.5. The lowest BCUT2D eigenvalue weighted by Crippen LogP contribution is -2.71. The summed E-state index contributed by atoms with van der Waals surface area (Å²) < 4.78 is 60.2. The predicted octanol–water partition coefficient (Wildman–Crippen LogP) is 20.6. The summed E-state index contributed by atoms with van der Waals surface area (Å²) >= 11 is 0. The van der Waals surface area contributed by atoms with Gasteiger partial charge in [0.25, 0.3) is 0 Å². The lowest BCUT2D eigenvalue weighted by Gasteiger charge is -2.73. The number of carbonyl (C=O) groups is 10. The Bertz CT molecular complexity index is 3900. The summed E-state index contributed by atoms with van der Waals surface area (Å²) in [4.78, 5) is 130. The van der Waals surface area contributed by atoms with Crippen molar-refractivity contribution in [3.63, 3.8) is 0 Å². The van der Waals surface area contributed by atoms with Gasteiger partial charge in [0.1, 0.15) is 56.0 Å². The van der Waals surface area contributed by atoms with Crippen LogP contribution in [0.5, 0.6) is 0 Å². The third-order valence-electron chi connectivity index (χ3n) is 34.6. The van der Waals surface area contributed by atoms with Gasteiger partial charge in [-0.2, -0.15) is 0 Å². The molecular weight excluding hydrogens is 1560 g/mol. The third-order valence-corrected chi connectivity index (χ3v) is 34.6. The number of ether oxygens (including phenoxy) is 10. The molecule has 0 saturated heterocycles. The van der Waals surface area contributed by atoms with Crippen molar-refractivity contribution in [3.05, 3.63) is 0 Å². The minimum absolute atomic E-state index is 0.00143. The lowest BCUT2D eigenvalue weighted by atomic mass is 9.32. The van der Waals surface area contributed by atoms with Gasteiger partial charge in [0.2, 0.25) is 0 Å². The fourth-order valence-corrected chi connectivity index (χ4v) is 27.7. The quantitative estimate of drug-likeness (QED) is 0.0778. The van der Waals surface area contributed by atoms with E-state index in [1.165, 1.54) is 19.8 Å². The molecule has 0 aromatic carbocycles. The van der Waals surface area contributed by atoms with Crippen LogP contribution in [0.15, 0.2) is 0 Å². The minimum atomic E-state index is -1.03. The average molecular weight is 1720 g/mol. The SMILES string of the molecule is CCC(C)(C)C(=O)OC(C)(C)C12CC3CC(C(=O)OC(C)(C)C)(CC(C(=O)OC(C)(C)C)(C3)C1)C2.CCC(C)(C)C(=O)OC12CC3C4CC5(C(=O)OC6(C)CCCC6)CC3C(C1)C(C5)C4C2.CCC(C)(C)C(=O)OC12CC3CC(C1)C(CC(=O)OC(C)(C)C)(OC(C)=O)C(C3)C2.CCC(C)(C)C(=O)OC12CC3CC(C1)C(O)(CC(=O)OC(C)(C)C)C(C3)C2. The highest BCUT2D eigenvalue weighted by Gasteiger charge is 2.76. The molecule has 20 bridgehead atoms. The zero-order valence-corrected chi connectivity index (χ0v) is 81.2. The van der Waals surface area contributed by atoms with Crippen LogP contribution in [-0.2, 0) is 95.3 Å². The first-order chi connectivity index (χ1) is 56.2. The molecule has 0 amide bonds. The lowest BCUT2D eigenvalue weighted by molar-refractivity contribution is -0.283. The molecule has 6 atom stereocenters. The molecule has 123 heavy (non-hydrogen) atoms.